The number of aromatic nitrogens is 1. The number of rotatable bonds is 6. The molecule has 0 amide bonds. The normalized spacial score (nSPS) is 13.2. The molecule has 7 heteroatoms. The van der Waals surface area contributed by atoms with E-state index >= 15 is 0 Å². The minimum Gasteiger partial charge on any atom is -0.454 e. The van der Waals surface area contributed by atoms with Gasteiger partial charge in [-0.05, 0) is 24.1 Å². The predicted molar refractivity (Wildman–Crippen MR) is 94.9 cm³/mol. The third kappa shape index (κ3) is 3.87. The number of fused-ring (bicyclic) bond motifs is 1. The number of aliphatic imine (C=N–C) groups is 1. The van der Waals surface area contributed by atoms with E-state index in [0.29, 0.717) is 13.1 Å². The van der Waals surface area contributed by atoms with Crippen LogP contribution in [0.5, 0.6) is 11.5 Å². The maximum Gasteiger partial charge on any atom is 0.231 e. The minimum absolute atomic E-state index is 0.285. The van der Waals surface area contributed by atoms with Gasteiger partial charge >= 0.3 is 0 Å². The van der Waals surface area contributed by atoms with Crippen LogP contribution in [0.1, 0.15) is 36.4 Å². The van der Waals surface area contributed by atoms with E-state index < -0.39 is 0 Å². The molecule has 1 aliphatic heterocycles. The van der Waals surface area contributed by atoms with Crippen LogP contribution >= 0.6 is 0 Å². The molecule has 0 saturated carbocycles. The molecule has 0 saturated heterocycles. The zero-order valence-electron chi connectivity index (χ0n) is 14.9. The van der Waals surface area contributed by atoms with Gasteiger partial charge in [0.2, 0.25) is 6.79 Å². The molecule has 1 aromatic heterocycles. The third-order valence-electron chi connectivity index (χ3n) is 4.16. The average Bonchev–Trinajstić information content (AvgIpc) is 3.27. The fraction of sp³-hybridized carbons (Fsp3) is 0.444. The Kier molecular flexibility index (Phi) is 5.42. The lowest BCUT2D eigenvalue weighted by Crippen LogP contribution is -2.36. The molecule has 2 heterocycles. The van der Waals surface area contributed by atoms with Crippen molar-refractivity contribution in [1.29, 1.82) is 0 Å². The maximum atomic E-state index is 5.41. The van der Waals surface area contributed by atoms with Crippen molar-refractivity contribution in [3.05, 3.63) is 40.8 Å². The van der Waals surface area contributed by atoms with Gasteiger partial charge in [0.05, 0.1) is 5.69 Å². The molecule has 25 heavy (non-hydrogen) atoms. The smallest absolute Gasteiger partial charge is 0.231 e. The molecule has 7 nitrogen and oxygen atoms in total. The first-order valence-electron chi connectivity index (χ1n) is 8.54. The van der Waals surface area contributed by atoms with Gasteiger partial charge in [-0.15, -0.1) is 0 Å². The Labute approximate surface area is 147 Å². The van der Waals surface area contributed by atoms with Crippen molar-refractivity contribution in [3.63, 3.8) is 0 Å². The first-order valence-corrected chi connectivity index (χ1v) is 8.54. The van der Waals surface area contributed by atoms with Crippen LogP contribution in [0, 0.1) is 0 Å². The highest BCUT2D eigenvalue weighted by Crippen LogP contribution is 2.32. The molecule has 134 valence electrons. The number of hydrogen-bond acceptors (Lipinski definition) is 5. The Morgan fingerprint density at radius 3 is 2.68 bits per heavy atom. The second-order valence-corrected chi connectivity index (χ2v) is 5.71. The summed E-state index contributed by atoms with van der Waals surface area (Å²) in [5, 5.41) is 10.8. The van der Waals surface area contributed by atoms with Crippen LogP contribution in [0.2, 0.25) is 0 Å². The van der Waals surface area contributed by atoms with Gasteiger partial charge in [-0.25, -0.2) is 0 Å². The quantitative estimate of drug-likeness (QED) is 0.619. The van der Waals surface area contributed by atoms with E-state index in [4.69, 9.17) is 14.0 Å². The van der Waals surface area contributed by atoms with Crippen molar-refractivity contribution in [3.8, 4) is 11.5 Å². The SMILES string of the molecule is CCc1noc(CC)c1CNC(=NC)NCc1ccc2c(c1)OCO2. The van der Waals surface area contributed by atoms with Gasteiger partial charge in [-0.2, -0.15) is 0 Å². The zero-order chi connectivity index (χ0) is 17.6. The molecular formula is C18H24N4O3. The highest BCUT2D eigenvalue weighted by atomic mass is 16.7. The van der Waals surface area contributed by atoms with Crippen molar-refractivity contribution in [2.24, 2.45) is 4.99 Å². The Balaban J connectivity index is 1.58. The van der Waals surface area contributed by atoms with Crippen LogP contribution in [-0.4, -0.2) is 25.0 Å². The number of hydrogen-bond donors (Lipinski definition) is 2. The molecule has 1 aromatic carbocycles. The second-order valence-electron chi connectivity index (χ2n) is 5.71. The number of guanidine groups is 1. The number of aryl methyl sites for hydroxylation is 2. The molecule has 0 fully saturated rings. The maximum absolute atomic E-state index is 5.41. The van der Waals surface area contributed by atoms with Crippen molar-refractivity contribution in [1.82, 2.24) is 15.8 Å². The first kappa shape index (κ1) is 17.1. The Hall–Kier alpha value is -2.70. The number of nitrogens with one attached hydrogen (secondary N) is 2. The van der Waals surface area contributed by atoms with E-state index in [1.165, 1.54) is 0 Å². The number of nitrogens with zero attached hydrogens (tertiary/aromatic N) is 2. The lowest BCUT2D eigenvalue weighted by molar-refractivity contribution is 0.174. The first-order chi connectivity index (χ1) is 12.2. The van der Waals surface area contributed by atoms with E-state index in [1.54, 1.807) is 7.05 Å². The molecule has 2 N–H and O–H groups in total. The van der Waals surface area contributed by atoms with Gasteiger partial charge < -0.3 is 24.6 Å². The molecule has 0 atom stereocenters. The highest BCUT2D eigenvalue weighted by Gasteiger charge is 2.15. The van der Waals surface area contributed by atoms with Crippen LogP contribution in [-0.2, 0) is 25.9 Å². The van der Waals surface area contributed by atoms with Crippen molar-refractivity contribution in [2.45, 2.75) is 39.8 Å². The number of benzene rings is 1. The van der Waals surface area contributed by atoms with E-state index in [2.05, 4.69) is 34.6 Å². The summed E-state index contributed by atoms with van der Waals surface area (Å²) in [5.74, 6) is 3.23. The van der Waals surface area contributed by atoms with E-state index in [-0.39, 0.29) is 6.79 Å². The van der Waals surface area contributed by atoms with Crippen molar-refractivity contribution in [2.75, 3.05) is 13.8 Å². The Morgan fingerprint density at radius 2 is 1.92 bits per heavy atom. The minimum atomic E-state index is 0.285. The molecule has 0 bridgehead atoms. The average molecular weight is 344 g/mol. The molecule has 0 radical (unpaired) electrons. The Bertz CT molecular complexity index is 733. The standard InChI is InChI=1S/C18H24N4O3/c1-4-14-13(15(5-2)25-22-14)10-21-18(19-3)20-9-12-6-7-16-17(8-12)24-11-23-16/h6-8H,4-5,9-11H2,1-3H3,(H2,19,20,21). The van der Waals surface area contributed by atoms with Gasteiger partial charge in [-0.3, -0.25) is 4.99 Å². The summed E-state index contributed by atoms with van der Waals surface area (Å²) in [5.41, 5.74) is 3.22. The van der Waals surface area contributed by atoms with Gasteiger partial charge in [0, 0.05) is 32.1 Å². The van der Waals surface area contributed by atoms with Crippen LogP contribution in [0.3, 0.4) is 0 Å². The fourth-order valence-corrected chi connectivity index (χ4v) is 2.77. The summed E-state index contributed by atoms with van der Waals surface area (Å²) in [6.07, 6.45) is 1.68. The highest BCUT2D eigenvalue weighted by molar-refractivity contribution is 5.79. The molecule has 1 aliphatic rings. The molecule has 0 spiro atoms. The summed E-state index contributed by atoms with van der Waals surface area (Å²) in [7, 11) is 1.75. The van der Waals surface area contributed by atoms with Crippen LogP contribution < -0.4 is 20.1 Å². The van der Waals surface area contributed by atoms with E-state index in [9.17, 15) is 0 Å². The lowest BCUT2D eigenvalue weighted by Gasteiger charge is -2.12. The largest absolute Gasteiger partial charge is 0.454 e. The molecule has 2 aromatic rings. The van der Waals surface area contributed by atoms with Gasteiger partial charge in [-0.1, -0.05) is 25.1 Å². The molecule has 0 aliphatic carbocycles. The van der Waals surface area contributed by atoms with Crippen molar-refractivity contribution < 1.29 is 14.0 Å². The molecule has 0 unspecified atom stereocenters. The van der Waals surface area contributed by atoms with Gasteiger partial charge in [0.1, 0.15) is 5.76 Å². The Morgan fingerprint density at radius 1 is 1.12 bits per heavy atom. The van der Waals surface area contributed by atoms with E-state index in [1.807, 2.05) is 18.2 Å². The summed E-state index contributed by atoms with van der Waals surface area (Å²) in [6, 6.07) is 5.92. The topological polar surface area (TPSA) is 80.9 Å². The lowest BCUT2D eigenvalue weighted by atomic mass is 10.1. The van der Waals surface area contributed by atoms with Gasteiger partial charge in [0.15, 0.2) is 17.5 Å². The monoisotopic (exact) mass is 344 g/mol. The second kappa shape index (κ2) is 7.92. The zero-order valence-corrected chi connectivity index (χ0v) is 14.9. The van der Waals surface area contributed by atoms with Crippen LogP contribution in [0.25, 0.3) is 0 Å². The summed E-state index contributed by atoms with van der Waals surface area (Å²) in [6.45, 7) is 5.70. The van der Waals surface area contributed by atoms with Crippen molar-refractivity contribution >= 4 is 5.96 Å². The summed E-state index contributed by atoms with van der Waals surface area (Å²) >= 11 is 0. The van der Waals surface area contributed by atoms with Crippen LogP contribution in [0.4, 0.5) is 0 Å². The fourth-order valence-electron chi connectivity index (χ4n) is 2.77. The van der Waals surface area contributed by atoms with Crippen LogP contribution in [0.15, 0.2) is 27.7 Å². The molecular weight excluding hydrogens is 320 g/mol. The summed E-state index contributed by atoms with van der Waals surface area (Å²) < 4.78 is 16.1. The predicted octanol–water partition coefficient (Wildman–Crippen LogP) is 2.39. The number of ether oxygens (including phenoxy) is 2. The van der Waals surface area contributed by atoms with Gasteiger partial charge in [0.25, 0.3) is 0 Å². The molecule has 3 rings (SSSR count). The summed E-state index contributed by atoms with van der Waals surface area (Å²) in [4.78, 5) is 4.27. The third-order valence-corrected chi connectivity index (χ3v) is 4.16. The van der Waals surface area contributed by atoms with E-state index in [0.717, 1.165) is 52.9 Å².